The fourth-order valence-electron chi connectivity index (χ4n) is 2.27. The molecule has 0 nitrogen and oxygen atoms in total. The summed E-state index contributed by atoms with van der Waals surface area (Å²) in [5.41, 5.74) is 1.40. The summed E-state index contributed by atoms with van der Waals surface area (Å²) in [7, 11) is 0. The molecule has 0 radical (unpaired) electrons. The van der Waals surface area contributed by atoms with E-state index in [1.165, 1.54) is 5.56 Å². The van der Waals surface area contributed by atoms with Crippen molar-refractivity contribution in [2.24, 2.45) is 5.92 Å². The van der Waals surface area contributed by atoms with E-state index in [9.17, 15) is 4.39 Å². The monoisotopic (exact) mass is 192 g/mol. The van der Waals surface area contributed by atoms with Gasteiger partial charge in [0, 0.05) is 0 Å². The van der Waals surface area contributed by atoms with E-state index in [-0.39, 0.29) is 0 Å². The standard InChI is InChI=1S/C13H17F/c14-13-8-6-12(7-9-13)10-11-4-2-1-3-5-11/h1-5,12-13H,6-10H2. The molecule has 0 atom stereocenters. The summed E-state index contributed by atoms with van der Waals surface area (Å²) >= 11 is 0. The summed E-state index contributed by atoms with van der Waals surface area (Å²) in [5, 5.41) is 0. The highest BCUT2D eigenvalue weighted by atomic mass is 19.1. The largest absolute Gasteiger partial charge is 0.247 e. The van der Waals surface area contributed by atoms with E-state index >= 15 is 0 Å². The molecule has 0 aliphatic heterocycles. The van der Waals surface area contributed by atoms with Crippen molar-refractivity contribution in [2.75, 3.05) is 0 Å². The van der Waals surface area contributed by atoms with Gasteiger partial charge < -0.3 is 0 Å². The summed E-state index contributed by atoms with van der Waals surface area (Å²) < 4.78 is 12.9. The van der Waals surface area contributed by atoms with E-state index in [4.69, 9.17) is 0 Å². The maximum atomic E-state index is 12.9. The Morgan fingerprint density at radius 1 is 1.00 bits per heavy atom. The van der Waals surface area contributed by atoms with Gasteiger partial charge in [0.05, 0.1) is 0 Å². The molecule has 1 saturated carbocycles. The molecule has 0 saturated heterocycles. The van der Waals surface area contributed by atoms with E-state index in [1.54, 1.807) is 0 Å². The maximum absolute atomic E-state index is 12.9. The van der Waals surface area contributed by atoms with Crippen LogP contribution in [-0.2, 0) is 6.42 Å². The molecule has 1 fully saturated rings. The Morgan fingerprint density at radius 3 is 2.29 bits per heavy atom. The van der Waals surface area contributed by atoms with Crippen LogP contribution >= 0.6 is 0 Å². The summed E-state index contributed by atoms with van der Waals surface area (Å²) in [4.78, 5) is 0. The third-order valence-corrected chi connectivity index (χ3v) is 3.14. The molecule has 0 heterocycles. The molecule has 1 aromatic rings. The second kappa shape index (κ2) is 4.59. The molecule has 76 valence electrons. The summed E-state index contributed by atoms with van der Waals surface area (Å²) in [6, 6.07) is 10.5. The lowest BCUT2D eigenvalue weighted by Gasteiger charge is -2.24. The van der Waals surface area contributed by atoms with Crippen molar-refractivity contribution in [3.63, 3.8) is 0 Å². The SMILES string of the molecule is FC1CCC(Cc2ccccc2)CC1. The van der Waals surface area contributed by atoms with Gasteiger partial charge in [-0.2, -0.15) is 0 Å². The number of halogens is 1. The highest BCUT2D eigenvalue weighted by Crippen LogP contribution is 2.28. The Hall–Kier alpha value is -0.850. The predicted molar refractivity (Wildman–Crippen MR) is 57.0 cm³/mol. The zero-order valence-corrected chi connectivity index (χ0v) is 8.45. The first-order valence-electron chi connectivity index (χ1n) is 5.52. The molecule has 0 spiro atoms. The molecule has 0 amide bonds. The number of benzene rings is 1. The van der Waals surface area contributed by atoms with Gasteiger partial charge in [0.25, 0.3) is 0 Å². The molecular weight excluding hydrogens is 175 g/mol. The molecule has 1 aromatic carbocycles. The third-order valence-electron chi connectivity index (χ3n) is 3.14. The number of hydrogen-bond acceptors (Lipinski definition) is 0. The van der Waals surface area contributed by atoms with Crippen LogP contribution in [0.2, 0.25) is 0 Å². The quantitative estimate of drug-likeness (QED) is 0.669. The first kappa shape index (κ1) is 9.70. The van der Waals surface area contributed by atoms with Crippen LogP contribution in [0.15, 0.2) is 30.3 Å². The minimum absolute atomic E-state index is 0.526. The lowest BCUT2D eigenvalue weighted by atomic mass is 9.84. The first-order chi connectivity index (χ1) is 6.84. The Balaban J connectivity index is 1.87. The smallest absolute Gasteiger partial charge is 0.100 e. The highest BCUT2D eigenvalue weighted by Gasteiger charge is 2.20. The fourth-order valence-corrected chi connectivity index (χ4v) is 2.27. The Labute approximate surface area is 85.1 Å². The molecule has 1 aliphatic rings. The van der Waals surface area contributed by atoms with Gasteiger partial charge in [0.2, 0.25) is 0 Å². The summed E-state index contributed by atoms with van der Waals surface area (Å²) in [6.07, 6.45) is 4.29. The molecule has 1 heteroatoms. The third kappa shape index (κ3) is 2.57. The van der Waals surface area contributed by atoms with Gasteiger partial charge in [-0.3, -0.25) is 0 Å². The van der Waals surface area contributed by atoms with Crippen LogP contribution in [0, 0.1) is 5.92 Å². The minimum atomic E-state index is -0.526. The zero-order chi connectivity index (χ0) is 9.80. The normalized spacial score (nSPS) is 27.5. The second-order valence-corrected chi connectivity index (χ2v) is 4.31. The average Bonchev–Trinajstić information content (AvgIpc) is 2.23. The van der Waals surface area contributed by atoms with Crippen molar-refractivity contribution in [3.8, 4) is 0 Å². The van der Waals surface area contributed by atoms with Crippen LogP contribution in [0.4, 0.5) is 4.39 Å². The van der Waals surface area contributed by atoms with Crippen molar-refractivity contribution in [1.29, 1.82) is 0 Å². The van der Waals surface area contributed by atoms with Gasteiger partial charge >= 0.3 is 0 Å². The summed E-state index contributed by atoms with van der Waals surface area (Å²) in [6.45, 7) is 0. The lowest BCUT2D eigenvalue weighted by Crippen LogP contribution is -2.16. The molecule has 0 unspecified atom stereocenters. The van der Waals surface area contributed by atoms with E-state index in [2.05, 4.69) is 24.3 Å². The van der Waals surface area contributed by atoms with Gasteiger partial charge in [0.15, 0.2) is 0 Å². The first-order valence-corrected chi connectivity index (χ1v) is 5.52. The van der Waals surface area contributed by atoms with Crippen LogP contribution in [0.3, 0.4) is 0 Å². The van der Waals surface area contributed by atoms with E-state index in [1.807, 2.05) is 6.07 Å². The molecule has 0 N–H and O–H groups in total. The van der Waals surface area contributed by atoms with Gasteiger partial charge in [-0.1, -0.05) is 30.3 Å². The zero-order valence-electron chi connectivity index (χ0n) is 8.45. The van der Waals surface area contributed by atoms with Gasteiger partial charge in [-0.15, -0.1) is 0 Å². The van der Waals surface area contributed by atoms with Crippen LogP contribution in [-0.4, -0.2) is 6.17 Å². The maximum Gasteiger partial charge on any atom is 0.100 e. The van der Waals surface area contributed by atoms with Gasteiger partial charge in [-0.05, 0) is 43.6 Å². The molecule has 0 bridgehead atoms. The molecule has 1 aliphatic carbocycles. The van der Waals surface area contributed by atoms with E-state index in [0.29, 0.717) is 5.92 Å². The van der Waals surface area contributed by atoms with Crippen molar-refractivity contribution < 1.29 is 4.39 Å². The predicted octanol–water partition coefficient (Wildman–Crippen LogP) is 3.76. The highest BCUT2D eigenvalue weighted by molar-refractivity contribution is 5.15. The van der Waals surface area contributed by atoms with E-state index in [0.717, 1.165) is 32.1 Å². The Bertz CT molecular complexity index is 260. The van der Waals surface area contributed by atoms with Gasteiger partial charge in [-0.25, -0.2) is 4.39 Å². The van der Waals surface area contributed by atoms with Crippen molar-refractivity contribution in [2.45, 2.75) is 38.3 Å². The lowest BCUT2D eigenvalue weighted by molar-refractivity contribution is 0.207. The number of alkyl halides is 1. The summed E-state index contributed by atoms with van der Waals surface area (Å²) in [5.74, 6) is 0.712. The number of hydrogen-bond donors (Lipinski definition) is 0. The van der Waals surface area contributed by atoms with Gasteiger partial charge in [0.1, 0.15) is 6.17 Å². The van der Waals surface area contributed by atoms with E-state index < -0.39 is 6.17 Å². The van der Waals surface area contributed by atoms with Crippen LogP contribution in [0.5, 0.6) is 0 Å². The Morgan fingerprint density at radius 2 is 1.64 bits per heavy atom. The molecule has 2 rings (SSSR count). The van der Waals surface area contributed by atoms with Crippen LogP contribution in [0.1, 0.15) is 31.2 Å². The average molecular weight is 192 g/mol. The van der Waals surface area contributed by atoms with Crippen LogP contribution in [0.25, 0.3) is 0 Å². The van der Waals surface area contributed by atoms with Crippen molar-refractivity contribution in [1.82, 2.24) is 0 Å². The molecule has 0 aromatic heterocycles. The van der Waals surface area contributed by atoms with Crippen molar-refractivity contribution in [3.05, 3.63) is 35.9 Å². The second-order valence-electron chi connectivity index (χ2n) is 4.31. The Kier molecular flexibility index (Phi) is 3.18. The topological polar surface area (TPSA) is 0 Å². The molecular formula is C13H17F. The fraction of sp³-hybridized carbons (Fsp3) is 0.538. The van der Waals surface area contributed by atoms with Crippen molar-refractivity contribution >= 4 is 0 Å². The minimum Gasteiger partial charge on any atom is -0.247 e. The molecule has 14 heavy (non-hydrogen) atoms. The number of rotatable bonds is 2. The van der Waals surface area contributed by atoms with Crippen LogP contribution < -0.4 is 0 Å².